The highest BCUT2D eigenvalue weighted by molar-refractivity contribution is 14.0. The molecule has 0 aliphatic carbocycles. The zero-order chi connectivity index (χ0) is 8.81. The molecule has 0 atom stereocenters. The third-order valence-electron chi connectivity index (χ3n) is 2.57. The number of likely N-dealkylation sites (N-methyl/N-ethyl adjacent to an activating group) is 1. The minimum absolute atomic E-state index is 0. The monoisotopic (exact) mass is 298 g/mol. The third kappa shape index (κ3) is 5.86. The minimum atomic E-state index is 0. The van der Waals surface area contributed by atoms with Crippen LogP contribution in [0.25, 0.3) is 0 Å². The van der Waals surface area contributed by atoms with Crippen LogP contribution in [0.5, 0.6) is 0 Å². The summed E-state index contributed by atoms with van der Waals surface area (Å²) in [5.74, 6) is 0. The number of halogens is 1. The molecule has 0 aromatic carbocycles. The first-order valence-corrected chi connectivity index (χ1v) is 5.24. The molecule has 0 N–H and O–H groups in total. The summed E-state index contributed by atoms with van der Waals surface area (Å²) in [4.78, 5) is 4.94. The standard InChI is InChI=1S/C10H22N2.HI/c1-3-4-5-6-7-12-9-8-11(2)10-12;/h3-10H2,1-2H3;1H. The lowest BCUT2D eigenvalue weighted by Gasteiger charge is -2.14. The van der Waals surface area contributed by atoms with Crippen LogP contribution in [-0.2, 0) is 0 Å². The first kappa shape index (κ1) is 13.7. The van der Waals surface area contributed by atoms with Crippen molar-refractivity contribution >= 4 is 24.0 Å². The second kappa shape index (κ2) is 8.00. The van der Waals surface area contributed by atoms with Crippen LogP contribution in [0.1, 0.15) is 32.6 Å². The van der Waals surface area contributed by atoms with Gasteiger partial charge in [0.2, 0.25) is 0 Å². The van der Waals surface area contributed by atoms with Gasteiger partial charge in [-0.05, 0) is 20.0 Å². The smallest absolute Gasteiger partial charge is 0.0504 e. The number of hydrogen-bond acceptors (Lipinski definition) is 2. The van der Waals surface area contributed by atoms with Gasteiger partial charge in [-0.2, -0.15) is 0 Å². The number of hydrogen-bond donors (Lipinski definition) is 0. The fourth-order valence-electron chi connectivity index (χ4n) is 1.74. The van der Waals surface area contributed by atoms with E-state index in [0.29, 0.717) is 0 Å². The number of nitrogens with zero attached hydrogens (tertiary/aromatic N) is 2. The summed E-state index contributed by atoms with van der Waals surface area (Å²) >= 11 is 0. The third-order valence-corrected chi connectivity index (χ3v) is 2.57. The Hall–Kier alpha value is 0.650. The molecule has 3 heteroatoms. The van der Waals surface area contributed by atoms with Crippen molar-refractivity contribution in [3.63, 3.8) is 0 Å². The maximum Gasteiger partial charge on any atom is 0.0504 e. The molecular formula is C10H23IN2. The fraction of sp³-hybridized carbons (Fsp3) is 1.00. The average molecular weight is 298 g/mol. The van der Waals surface area contributed by atoms with Gasteiger partial charge in [-0.1, -0.05) is 26.2 Å². The lowest BCUT2D eigenvalue weighted by Crippen LogP contribution is -2.24. The molecule has 13 heavy (non-hydrogen) atoms. The first-order chi connectivity index (χ1) is 5.83. The second-order valence-corrected chi connectivity index (χ2v) is 3.90. The Balaban J connectivity index is 0.00000144. The van der Waals surface area contributed by atoms with Crippen LogP contribution in [0.15, 0.2) is 0 Å². The molecule has 0 unspecified atom stereocenters. The molecular weight excluding hydrogens is 275 g/mol. The number of unbranched alkanes of at least 4 members (excludes halogenated alkanes) is 3. The molecule has 1 aliphatic heterocycles. The zero-order valence-corrected chi connectivity index (χ0v) is 11.3. The van der Waals surface area contributed by atoms with E-state index < -0.39 is 0 Å². The van der Waals surface area contributed by atoms with Crippen molar-refractivity contribution in [1.82, 2.24) is 9.80 Å². The molecule has 0 bridgehead atoms. The van der Waals surface area contributed by atoms with Crippen molar-refractivity contribution < 1.29 is 0 Å². The van der Waals surface area contributed by atoms with Crippen LogP contribution in [-0.4, -0.2) is 43.2 Å². The van der Waals surface area contributed by atoms with Crippen molar-refractivity contribution in [2.75, 3.05) is 33.4 Å². The Labute approximate surface area is 99.7 Å². The molecule has 0 spiro atoms. The quantitative estimate of drug-likeness (QED) is 0.568. The van der Waals surface area contributed by atoms with Gasteiger partial charge in [0.15, 0.2) is 0 Å². The summed E-state index contributed by atoms with van der Waals surface area (Å²) < 4.78 is 0. The molecule has 0 amide bonds. The molecule has 1 fully saturated rings. The largest absolute Gasteiger partial charge is 0.292 e. The molecule has 1 rings (SSSR count). The van der Waals surface area contributed by atoms with Gasteiger partial charge in [-0.15, -0.1) is 24.0 Å². The van der Waals surface area contributed by atoms with Gasteiger partial charge in [0.05, 0.1) is 6.67 Å². The van der Waals surface area contributed by atoms with Gasteiger partial charge >= 0.3 is 0 Å². The van der Waals surface area contributed by atoms with Gasteiger partial charge in [0.1, 0.15) is 0 Å². The van der Waals surface area contributed by atoms with Crippen LogP contribution in [0.2, 0.25) is 0 Å². The molecule has 1 saturated heterocycles. The van der Waals surface area contributed by atoms with E-state index in [0.717, 1.165) is 0 Å². The molecule has 1 aliphatic rings. The highest BCUT2D eigenvalue weighted by atomic mass is 127. The van der Waals surface area contributed by atoms with Crippen LogP contribution >= 0.6 is 24.0 Å². The molecule has 2 nitrogen and oxygen atoms in total. The Kier molecular flexibility index (Phi) is 8.40. The Bertz CT molecular complexity index is 119. The predicted octanol–water partition coefficient (Wildman–Crippen LogP) is 2.39. The molecule has 0 aromatic rings. The Morgan fingerprint density at radius 2 is 1.85 bits per heavy atom. The van der Waals surface area contributed by atoms with E-state index in [1.54, 1.807) is 0 Å². The SMILES string of the molecule is CCCCCCN1CCN(C)C1.I. The first-order valence-electron chi connectivity index (χ1n) is 5.24. The Morgan fingerprint density at radius 3 is 2.38 bits per heavy atom. The van der Waals surface area contributed by atoms with E-state index in [1.165, 1.54) is 52.0 Å². The predicted molar refractivity (Wildman–Crippen MR) is 68.6 cm³/mol. The van der Waals surface area contributed by atoms with Crippen molar-refractivity contribution in [2.24, 2.45) is 0 Å². The summed E-state index contributed by atoms with van der Waals surface area (Å²) in [5.41, 5.74) is 0. The minimum Gasteiger partial charge on any atom is -0.292 e. The van der Waals surface area contributed by atoms with Crippen molar-refractivity contribution in [3.05, 3.63) is 0 Å². The van der Waals surface area contributed by atoms with Gasteiger partial charge < -0.3 is 0 Å². The maximum atomic E-state index is 2.55. The average Bonchev–Trinajstić information content (AvgIpc) is 2.45. The molecule has 1 heterocycles. The number of rotatable bonds is 5. The van der Waals surface area contributed by atoms with Crippen molar-refractivity contribution in [2.45, 2.75) is 32.6 Å². The summed E-state index contributed by atoms with van der Waals surface area (Å²) in [6.07, 6.45) is 5.56. The molecule has 0 radical (unpaired) electrons. The fourth-order valence-corrected chi connectivity index (χ4v) is 1.74. The topological polar surface area (TPSA) is 6.48 Å². The van der Waals surface area contributed by atoms with Gasteiger partial charge in [0.25, 0.3) is 0 Å². The summed E-state index contributed by atoms with van der Waals surface area (Å²) in [5, 5.41) is 0. The van der Waals surface area contributed by atoms with Crippen LogP contribution in [0.4, 0.5) is 0 Å². The normalized spacial score (nSPS) is 18.9. The maximum absolute atomic E-state index is 2.55. The van der Waals surface area contributed by atoms with Crippen molar-refractivity contribution in [1.29, 1.82) is 0 Å². The van der Waals surface area contributed by atoms with E-state index in [-0.39, 0.29) is 24.0 Å². The van der Waals surface area contributed by atoms with Crippen LogP contribution in [0, 0.1) is 0 Å². The van der Waals surface area contributed by atoms with E-state index in [1.807, 2.05) is 0 Å². The van der Waals surface area contributed by atoms with Crippen LogP contribution in [0.3, 0.4) is 0 Å². The lowest BCUT2D eigenvalue weighted by molar-refractivity contribution is 0.269. The molecule has 0 aromatic heterocycles. The zero-order valence-electron chi connectivity index (χ0n) is 8.96. The summed E-state index contributed by atoms with van der Waals surface area (Å²) in [6.45, 7) is 7.30. The summed E-state index contributed by atoms with van der Waals surface area (Å²) in [7, 11) is 2.20. The van der Waals surface area contributed by atoms with E-state index in [9.17, 15) is 0 Å². The summed E-state index contributed by atoms with van der Waals surface area (Å²) in [6, 6.07) is 0. The van der Waals surface area contributed by atoms with Crippen molar-refractivity contribution in [3.8, 4) is 0 Å². The van der Waals surface area contributed by atoms with Gasteiger partial charge in [-0.25, -0.2) is 0 Å². The van der Waals surface area contributed by atoms with Crippen LogP contribution < -0.4 is 0 Å². The molecule has 80 valence electrons. The lowest BCUT2D eigenvalue weighted by atomic mass is 10.2. The highest BCUT2D eigenvalue weighted by Gasteiger charge is 2.14. The second-order valence-electron chi connectivity index (χ2n) is 3.90. The highest BCUT2D eigenvalue weighted by Crippen LogP contribution is 2.05. The van der Waals surface area contributed by atoms with E-state index >= 15 is 0 Å². The van der Waals surface area contributed by atoms with E-state index in [4.69, 9.17) is 0 Å². The van der Waals surface area contributed by atoms with E-state index in [2.05, 4.69) is 23.8 Å². The Morgan fingerprint density at radius 1 is 1.08 bits per heavy atom. The molecule has 0 saturated carbocycles. The van der Waals surface area contributed by atoms with Gasteiger partial charge in [-0.3, -0.25) is 9.80 Å². The van der Waals surface area contributed by atoms with Gasteiger partial charge in [0, 0.05) is 13.1 Å².